The standard InChI is InChI=1S/C15H17ClN4/c1-15(2,3)14-18-12-8-17-20(13(12)19-14)9-10-5-4-6-11(16)7-10/h4-8H,9H2,1-3H3,(H,18,19). The lowest BCUT2D eigenvalue weighted by molar-refractivity contribution is 0.552. The lowest BCUT2D eigenvalue weighted by Gasteiger charge is -2.13. The Morgan fingerprint density at radius 1 is 1.30 bits per heavy atom. The van der Waals surface area contributed by atoms with Gasteiger partial charge in [0.15, 0.2) is 5.65 Å². The number of rotatable bonds is 2. The molecule has 0 saturated carbocycles. The number of imidazole rings is 1. The second-order valence-corrected chi connectivity index (χ2v) is 6.44. The maximum atomic E-state index is 6.02. The van der Waals surface area contributed by atoms with Crippen LogP contribution >= 0.6 is 11.6 Å². The maximum absolute atomic E-state index is 6.02. The number of H-pyrrole nitrogens is 1. The van der Waals surface area contributed by atoms with Gasteiger partial charge in [0.2, 0.25) is 0 Å². The molecule has 20 heavy (non-hydrogen) atoms. The highest BCUT2D eigenvalue weighted by Gasteiger charge is 2.20. The summed E-state index contributed by atoms with van der Waals surface area (Å²) >= 11 is 6.02. The SMILES string of the molecule is CC(C)(C)c1nc2c(cnn2Cc2cccc(Cl)c2)[nH]1. The summed E-state index contributed by atoms with van der Waals surface area (Å²) in [7, 11) is 0. The van der Waals surface area contributed by atoms with Crippen LogP contribution in [0.1, 0.15) is 32.2 Å². The fourth-order valence-corrected chi connectivity index (χ4v) is 2.34. The number of aromatic amines is 1. The fraction of sp³-hybridized carbons (Fsp3) is 0.333. The molecular weight excluding hydrogens is 272 g/mol. The van der Waals surface area contributed by atoms with Crippen molar-refractivity contribution in [3.8, 4) is 0 Å². The van der Waals surface area contributed by atoms with E-state index in [1.54, 1.807) is 0 Å². The molecule has 0 aliphatic rings. The van der Waals surface area contributed by atoms with Gasteiger partial charge in [0.05, 0.1) is 12.7 Å². The molecular formula is C15H17ClN4. The number of benzene rings is 1. The quantitative estimate of drug-likeness (QED) is 0.780. The number of hydrogen-bond donors (Lipinski definition) is 1. The predicted molar refractivity (Wildman–Crippen MR) is 81.1 cm³/mol. The van der Waals surface area contributed by atoms with Gasteiger partial charge >= 0.3 is 0 Å². The van der Waals surface area contributed by atoms with E-state index in [1.165, 1.54) is 0 Å². The van der Waals surface area contributed by atoms with Gasteiger partial charge in [-0.2, -0.15) is 5.10 Å². The van der Waals surface area contributed by atoms with Gasteiger partial charge in [0.25, 0.3) is 0 Å². The molecule has 2 heterocycles. The highest BCUT2D eigenvalue weighted by Crippen LogP contribution is 2.22. The van der Waals surface area contributed by atoms with E-state index in [9.17, 15) is 0 Å². The van der Waals surface area contributed by atoms with Gasteiger partial charge in [0.1, 0.15) is 11.3 Å². The van der Waals surface area contributed by atoms with E-state index in [0.717, 1.165) is 27.6 Å². The Morgan fingerprint density at radius 3 is 2.80 bits per heavy atom. The molecule has 3 aromatic rings. The van der Waals surface area contributed by atoms with E-state index in [-0.39, 0.29) is 5.41 Å². The largest absolute Gasteiger partial charge is 0.339 e. The average Bonchev–Trinajstić information content (AvgIpc) is 2.91. The lowest BCUT2D eigenvalue weighted by atomic mass is 9.96. The van der Waals surface area contributed by atoms with Crippen LogP contribution in [0.15, 0.2) is 30.5 Å². The summed E-state index contributed by atoms with van der Waals surface area (Å²) in [4.78, 5) is 8.01. The third-order valence-electron chi connectivity index (χ3n) is 3.21. The Balaban J connectivity index is 1.98. The number of nitrogens with one attached hydrogen (secondary N) is 1. The van der Waals surface area contributed by atoms with Crippen LogP contribution in [-0.4, -0.2) is 19.7 Å². The first-order valence-electron chi connectivity index (χ1n) is 6.60. The van der Waals surface area contributed by atoms with Gasteiger partial charge in [-0.05, 0) is 17.7 Å². The van der Waals surface area contributed by atoms with Crippen LogP contribution < -0.4 is 0 Å². The minimum atomic E-state index is -0.0000942. The molecule has 1 N–H and O–H groups in total. The van der Waals surface area contributed by atoms with E-state index < -0.39 is 0 Å². The number of halogens is 1. The van der Waals surface area contributed by atoms with Crippen molar-refractivity contribution in [1.82, 2.24) is 19.7 Å². The van der Waals surface area contributed by atoms with Crippen molar-refractivity contribution in [2.75, 3.05) is 0 Å². The first kappa shape index (κ1) is 13.2. The summed E-state index contributed by atoms with van der Waals surface area (Å²) < 4.78 is 1.90. The number of nitrogens with zero attached hydrogens (tertiary/aromatic N) is 3. The van der Waals surface area contributed by atoms with Crippen LogP contribution in [0.2, 0.25) is 5.02 Å². The molecule has 2 aromatic heterocycles. The van der Waals surface area contributed by atoms with Crippen molar-refractivity contribution in [3.05, 3.63) is 46.9 Å². The van der Waals surface area contributed by atoms with Crippen LogP contribution in [0.4, 0.5) is 0 Å². The van der Waals surface area contributed by atoms with Crippen LogP contribution in [0.5, 0.6) is 0 Å². The van der Waals surface area contributed by atoms with Gasteiger partial charge in [-0.1, -0.05) is 44.5 Å². The van der Waals surface area contributed by atoms with Crippen molar-refractivity contribution < 1.29 is 0 Å². The van der Waals surface area contributed by atoms with Crippen molar-refractivity contribution in [2.45, 2.75) is 32.7 Å². The minimum absolute atomic E-state index is 0.0000942. The molecule has 104 valence electrons. The molecule has 0 spiro atoms. The number of aromatic nitrogens is 4. The van der Waals surface area contributed by atoms with Crippen molar-refractivity contribution >= 4 is 22.8 Å². The Labute approximate surface area is 122 Å². The second-order valence-electron chi connectivity index (χ2n) is 6.00. The summed E-state index contributed by atoms with van der Waals surface area (Å²) in [6.45, 7) is 7.08. The monoisotopic (exact) mass is 288 g/mol. The number of hydrogen-bond acceptors (Lipinski definition) is 2. The Kier molecular flexibility index (Phi) is 3.05. The molecule has 0 amide bonds. The molecule has 0 fully saturated rings. The van der Waals surface area contributed by atoms with Crippen LogP contribution in [-0.2, 0) is 12.0 Å². The molecule has 0 aliphatic heterocycles. The minimum Gasteiger partial charge on any atom is -0.339 e. The third kappa shape index (κ3) is 2.43. The summed E-state index contributed by atoms with van der Waals surface area (Å²) in [5.74, 6) is 0.977. The van der Waals surface area contributed by atoms with Gasteiger partial charge in [-0.3, -0.25) is 0 Å². The zero-order valence-electron chi connectivity index (χ0n) is 11.8. The molecule has 1 aromatic carbocycles. The Hall–Kier alpha value is -1.81. The predicted octanol–water partition coefficient (Wildman–Crippen LogP) is 3.76. The summed E-state index contributed by atoms with van der Waals surface area (Å²) in [6, 6.07) is 7.81. The molecule has 0 saturated heterocycles. The molecule has 4 nitrogen and oxygen atoms in total. The zero-order chi connectivity index (χ0) is 14.3. The normalized spacial score (nSPS) is 12.2. The molecule has 0 radical (unpaired) electrons. The summed E-state index contributed by atoms with van der Waals surface area (Å²) in [5.41, 5.74) is 2.97. The smallest absolute Gasteiger partial charge is 0.176 e. The first-order valence-corrected chi connectivity index (χ1v) is 6.98. The third-order valence-corrected chi connectivity index (χ3v) is 3.45. The molecule has 0 atom stereocenters. The Morgan fingerprint density at radius 2 is 2.10 bits per heavy atom. The van der Waals surface area contributed by atoms with E-state index in [2.05, 4.69) is 35.8 Å². The van der Waals surface area contributed by atoms with E-state index in [1.807, 2.05) is 35.1 Å². The lowest BCUT2D eigenvalue weighted by Crippen LogP contribution is -2.13. The maximum Gasteiger partial charge on any atom is 0.176 e. The highest BCUT2D eigenvalue weighted by atomic mass is 35.5. The van der Waals surface area contributed by atoms with Gasteiger partial charge in [-0.15, -0.1) is 0 Å². The fourth-order valence-electron chi connectivity index (χ4n) is 2.13. The highest BCUT2D eigenvalue weighted by molar-refractivity contribution is 6.30. The van der Waals surface area contributed by atoms with E-state index in [0.29, 0.717) is 6.54 Å². The Bertz CT molecular complexity index is 749. The molecule has 5 heteroatoms. The summed E-state index contributed by atoms with van der Waals surface area (Å²) in [5, 5.41) is 5.12. The molecule has 0 aliphatic carbocycles. The van der Waals surface area contributed by atoms with Crippen LogP contribution in [0, 0.1) is 0 Å². The van der Waals surface area contributed by atoms with Crippen molar-refractivity contribution in [2.24, 2.45) is 0 Å². The van der Waals surface area contributed by atoms with Crippen LogP contribution in [0.25, 0.3) is 11.2 Å². The zero-order valence-corrected chi connectivity index (χ0v) is 12.6. The van der Waals surface area contributed by atoms with E-state index in [4.69, 9.17) is 11.6 Å². The topological polar surface area (TPSA) is 46.5 Å². The van der Waals surface area contributed by atoms with Gasteiger partial charge in [0, 0.05) is 10.4 Å². The van der Waals surface area contributed by atoms with Crippen molar-refractivity contribution in [3.63, 3.8) is 0 Å². The van der Waals surface area contributed by atoms with Crippen molar-refractivity contribution in [1.29, 1.82) is 0 Å². The van der Waals surface area contributed by atoms with Gasteiger partial charge in [-0.25, -0.2) is 9.67 Å². The second kappa shape index (κ2) is 4.63. The van der Waals surface area contributed by atoms with E-state index >= 15 is 0 Å². The molecule has 3 rings (SSSR count). The van der Waals surface area contributed by atoms with Crippen LogP contribution in [0.3, 0.4) is 0 Å². The summed E-state index contributed by atoms with van der Waals surface area (Å²) in [6.07, 6.45) is 1.82. The number of fused-ring (bicyclic) bond motifs is 1. The molecule has 0 unspecified atom stereocenters. The van der Waals surface area contributed by atoms with Gasteiger partial charge < -0.3 is 4.98 Å². The average molecular weight is 289 g/mol. The molecule has 0 bridgehead atoms. The first-order chi connectivity index (χ1) is 9.43.